The van der Waals surface area contributed by atoms with Crippen LogP contribution in [-0.4, -0.2) is 26.2 Å². The molecule has 0 aromatic heterocycles. The van der Waals surface area contributed by atoms with E-state index in [1.54, 1.807) is 6.92 Å². The maximum Gasteiger partial charge on any atom is 0.323 e. The van der Waals surface area contributed by atoms with E-state index in [9.17, 15) is 9.59 Å². The third-order valence-electron chi connectivity index (χ3n) is 3.10. The van der Waals surface area contributed by atoms with E-state index in [-0.39, 0.29) is 6.42 Å². The number of hydrogen-bond donors (Lipinski definition) is 0. The molecule has 4 heteroatoms. The van der Waals surface area contributed by atoms with E-state index in [1.807, 2.05) is 30.3 Å². The van der Waals surface area contributed by atoms with Gasteiger partial charge in [0.1, 0.15) is 0 Å². The summed E-state index contributed by atoms with van der Waals surface area (Å²) in [5, 5.41) is 0. The van der Waals surface area contributed by atoms with Gasteiger partial charge in [0.2, 0.25) is 0 Å². The molecule has 0 atom stereocenters. The summed E-state index contributed by atoms with van der Waals surface area (Å²) in [6.07, 6.45) is 0.616. The molecular weight excluding hydrogens is 232 g/mol. The van der Waals surface area contributed by atoms with Gasteiger partial charge in [0.15, 0.2) is 5.41 Å². The number of carbonyl (C=O) groups excluding carboxylic acids is 2. The Bertz CT molecular complexity index is 395. The molecule has 0 saturated carbocycles. The largest absolute Gasteiger partial charge is 0.468 e. The highest BCUT2D eigenvalue weighted by molar-refractivity contribution is 6.00. The van der Waals surface area contributed by atoms with Crippen molar-refractivity contribution >= 4 is 11.9 Å². The van der Waals surface area contributed by atoms with Crippen LogP contribution in [0.2, 0.25) is 0 Å². The first-order valence-electron chi connectivity index (χ1n) is 5.81. The van der Waals surface area contributed by atoms with Crippen molar-refractivity contribution in [1.82, 2.24) is 0 Å². The topological polar surface area (TPSA) is 52.6 Å². The molecule has 0 unspecified atom stereocenters. The van der Waals surface area contributed by atoms with Gasteiger partial charge >= 0.3 is 11.9 Å². The first kappa shape index (κ1) is 14.2. The van der Waals surface area contributed by atoms with Gasteiger partial charge in [-0.05, 0) is 18.4 Å². The molecule has 0 aliphatic carbocycles. The summed E-state index contributed by atoms with van der Waals surface area (Å²) in [6, 6.07) is 9.36. The zero-order valence-corrected chi connectivity index (χ0v) is 10.9. The van der Waals surface area contributed by atoms with Crippen LogP contribution in [0.25, 0.3) is 0 Å². The fraction of sp³-hybridized carbons (Fsp3) is 0.429. The fourth-order valence-electron chi connectivity index (χ4n) is 1.98. The van der Waals surface area contributed by atoms with Gasteiger partial charge in [-0.3, -0.25) is 9.59 Å². The summed E-state index contributed by atoms with van der Waals surface area (Å²) in [5.41, 5.74) is -0.361. The average Bonchev–Trinajstić information content (AvgIpc) is 2.44. The molecule has 0 aliphatic rings. The van der Waals surface area contributed by atoms with Crippen molar-refractivity contribution in [3.63, 3.8) is 0 Å². The van der Waals surface area contributed by atoms with Crippen LogP contribution in [-0.2, 0) is 25.5 Å². The van der Waals surface area contributed by atoms with Crippen molar-refractivity contribution in [2.75, 3.05) is 14.2 Å². The van der Waals surface area contributed by atoms with Gasteiger partial charge in [0.05, 0.1) is 14.2 Å². The second-order valence-corrected chi connectivity index (χ2v) is 4.08. The highest BCUT2D eigenvalue weighted by atomic mass is 16.5. The number of benzene rings is 1. The monoisotopic (exact) mass is 250 g/mol. The molecule has 1 aromatic carbocycles. The number of hydrogen-bond acceptors (Lipinski definition) is 4. The molecule has 98 valence electrons. The van der Waals surface area contributed by atoms with Gasteiger partial charge < -0.3 is 9.47 Å². The van der Waals surface area contributed by atoms with E-state index in [0.717, 1.165) is 5.56 Å². The van der Waals surface area contributed by atoms with Gasteiger partial charge in [-0.25, -0.2) is 0 Å². The molecule has 0 amide bonds. The van der Waals surface area contributed by atoms with Gasteiger partial charge in [-0.1, -0.05) is 37.3 Å². The van der Waals surface area contributed by atoms with Crippen LogP contribution in [0.15, 0.2) is 30.3 Å². The standard InChI is InChI=1S/C14H18O4/c1-4-14(12(15)17-2,13(16)18-3)10-11-8-6-5-7-9-11/h5-9H,4,10H2,1-3H3. The first-order chi connectivity index (χ1) is 8.60. The Morgan fingerprint density at radius 2 is 1.56 bits per heavy atom. The zero-order chi connectivity index (χ0) is 13.6. The third kappa shape index (κ3) is 2.70. The molecule has 0 spiro atoms. The van der Waals surface area contributed by atoms with Crippen LogP contribution in [0.5, 0.6) is 0 Å². The van der Waals surface area contributed by atoms with Crippen LogP contribution in [0.4, 0.5) is 0 Å². The van der Waals surface area contributed by atoms with Crippen molar-refractivity contribution in [2.24, 2.45) is 5.41 Å². The lowest BCUT2D eigenvalue weighted by molar-refractivity contribution is -0.169. The first-order valence-corrected chi connectivity index (χ1v) is 5.81. The number of ether oxygens (including phenoxy) is 2. The minimum absolute atomic E-state index is 0.281. The van der Waals surface area contributed by atoms with E-state index < -0.39 is 17.4 Å². The van der Waals surface area contributed by atoms with Gasteiger partial charge in [-0.15, -0.1) is 0 Å². The molecule has 0 heterocycles. The minimum atomic E-state index is -1.26. The Labute approximate surface area is 107 Å². The number of methoxy groups -OCH3 is 2. The molecule has 0 saturated heterocycles. The third-order valence-corrected chi connectivity index (χ3v) is 3.10. The molecule has 18 heavy (non-hydrogen) atoms. The quantitative estimate of drug-likeness (QED) is 0.592. The van der Waals surface area contributed by atoms with Gasteiger partial charge in [0.25, 0.3) is 0 Å². The number of esters is 2. The van der Waals surface area contributed by atoms with E-state index in [2.05, 4.69) is 0 Å². The molecule has 0 aliphatic heterocycles. The Morgan fingerprint density at radius 1 is 1.06 bits per heavy atom. The smallest absolute Gasteiger partial charge is 0.323 e. The summed E-state index contributed by atoms with van der Waals surface area (Å²) in [4.78, 5) is 23.9. The van der Waals surface area contributed by atoms with Crippen LogP contribution in [0.1, 0.15) is 18.9 Å². The predicted octanol–water partition coefficient (Wildman–Crippen LogP) is 1.97. The average molecular weight is 250 g/mol. The summed E-state index contributed by atoms with van der Waals surface area (Å²) >= 11 is 0. The van der Waals surface area contributed by atoms with Crippen LogP contribution in [0.3, 0.4) is 0 Å². The van der Waals surface area contributed by atoms with Crippen LogP contribution in [0, 0.1) is 5.41 Å². The summed E-state index contributed by atoms with van der Waals surface area (Å²) in [6.45, 7) is 1.77. The molecule has 0 N–H and O–H groups in total. The Hall–Kier alpha value is -1.84. The normalized spacial score (nSPS) is 10.8. The lowest BCUT2D eigenvalue weighted by atomic mass is 9.79. The molecule has 0 bridgehead atoms. The highest BCUT2D eigenvalue weighted by Gasteiger charge is 2.46. The van der Waals surface area contributed by atoms with Gasteiger partial charge in [0, 0.05) is 0 Å². The SMILES string of the molecule is CCC(Cc1ccccc1)(C(=O)OC)C(=O)OC. The second-order valence-electron chi connectivity index (χ2n) is 4.08. The van der Waals surface area contributed by atoms with Crippen molar-refractivity contribution in [3.8, 4) is 0 Å². The van der Waals surface area contributed by atoms with Crippen LogP contribution >= 0.6 is 0 Å². The maximum absolute atomic E-state index is 11.9. The lowest BCUT2D eigenvalue weighted by Gasteiger charge is -2.26. The predicted molar refractivity (Wildman–Crippen MR) is 66.9 cm³/mol. The maximum atomic E-state index is 11.9. The van der Waals surface area contributed by atoms with Crippen LogP contribution < -0.4 is 0 Å². The Morgan fingerprint density at radius 3 is 1.94 bits per heavy atom. The highest BCUT2D eigenvalue weighted by Crippen LogP contribution is 2.30. The fourth-order valence-corrected chi connectivity index (χ4v) is 1.98. The lowest BCUT2D eigenvalue weighted by Crippen LogP contribution is -2.42. The molecule has 1 rings (SSSR count). The molecule has 1 aromatic rings. The zero-order valence-electron chi connectivity index (χ0n) is 10.9. The van der Waals surface area contributed by atoms with Crippen molar-refractivity contribution in [1.29, 1.82) is 0 Å². The molecule has 4 nitrogen and oxygen atoms in total. The number of rotatable bonds is 5. The minimum Gasteiger partial charge on any atom is -0.468 e. The van der Waals surface area contributed by atoms with Gasteiger partial charge in [-0.2, -0.15) is 0 Å². The summed E-state index contributed by atoms with van der Waals surface area (Å²) < 4.78 is 9.52. The van der Waals surface area contributed by atoms with E-state index >= 15 is 0 Å². The van der Waals surface area contributed by atoms with Crippen molar-refractivity contribution in [3.05, 3.63) is 35.9 Å². The van der Waals surface area contributed by atoms with Crippen molar-refractivity contribution in [2.45, 2.75) is 19.8 Å². The van der Waals surface area contributed by atoms with E-state index in [4.69, 9.17) is 9.47 Å². The molecular formula is C14H18O4. The Kier molecular flexibility index (Phi) is 4.89. The summed E-state index contributed by atoms with van der Waals surface area (Å²) in [7, 11) is 2.56. The van der Waals surface area contributed by atoms with E-state index in [1.165, 1.54) is 14.2 Å². The summed E-state index contributed by atoms with van der Waals surface area (Å²) in [5.74, 6) is -1.11. The number of carbonyl (C=O) groups is 2. The second kappa shape index (κ2) is 6.19. The molecule has 0 radical (unpaired) electrons. The Balaban J connectivity index is 3.11. The van der Waals surface area contributed by atoms with E-state index in [0.29, 0.717) is 6.42 Å². The van der Waals surface area contributed by atoms with Crippen molar-refractivity contribution < 1.29 is 19.1 Å². The molecule has 0 fully saturated rings.